The van der Waals surface area contributed by atoms with Gasteiger partial charge in [-0.05, 0) is 37.6 Å². The summed E-state index contributed by atoms with van der Waals surface area (Å²) in [5.41, 5.74) is 1.87. The van der Waals surface area contributed by atoms with Crippen molar-refractivity contribution in [1.82, 2.24) is 10.2 Å². The fourth-order valence-corrected chi connectivity index (χ4v) is 3.39. The van der Waals surface area contributed by atoms with Crippen molar-refractivity contribution in [2.24, 2.45) is 5.92 Å². The van der Waals surface area contributed by atoms with Crippen LogP contribution in [0.3, 0.4) is 0 Å². The fraction of sp³-hybridized carbons (Fsp3) is 0.556. The van der Waals surface area contributed by atoms with Gasteiger partial charge in [0, 0.05) is 43.6 Å². The summed E-state index contributed by atoms with van der Waals surface area (Å²) in [4.78, 5) is 27.6. The van der Waals surface area contributed by atoms with Gasteiger partial charge in [0.25, 0.3) is 0 Å². The predicted molar refractivity (Wildman–Crippen MR) is 97.1 cm³/mol. The van der Waals surface area contributed by atoms with Crippen molar-refractivity contribution in [1.29, 1.82) is 0 Å². The van der Waals surface area contributed by atoms with E-state index in [2.05, 4.69) is 33.4 Å². The third kappa shape index (κ3) is 4.42. The van der Waals surface area contributed by atoms with Crippen LogP contribution in [-0.2, 0) is 4.79 Å². The van der Waals surface area contributed by atoms with Crippen LogP contribution < -0.4 is 15.5 Å². The molecule has 3 rings (SSSR count). The Morgan fingerprint density at radius 3 is 2.56 bits per heavy atom. The Balaban J connectivity index is 1.50. The van der Waals surface area contributed by atoms with E-state index in [9.17, 15) is 9.59 Å². The number of carbonyl (C=O) groups excluding carboxylic acids is 1. The van der Waals surface area contributed by atoms with Gasteiger partial charge in [-0.1, -0.05) is 13.0 Å². The number of benzene rings is 1. The van der Waals surface area contributed by atoms with Gasteiger partial charge < -0.3 is 25.5 Å². The number of likely N-dealkylation sites (N-methyl/N-ethyl adjacent to an activating group) is 1. The molecule has 2 amide bonds. The third-order valence-electron chi connectivity index (χ3n) is 5.11. The first-order chi connectivity index (χ1) is 12.0. The molecular formula is C18H26N4O3. The molecule has 1 aliphatic carbocycles. The third-order valence-corrected chi connectivity index (χ3v) is 5.11. The Labute approximate surface area is 148 Å². The molecular weight excluding hydrogens is 320 g/mol. The van der Waals surface area contributed by atoms with Crippen molar-refractivity contribution < 1.29 is 14.7 Å². The highest BCUT2D eigenvalue weighted by molar-refractivity contribution is 5.90. The van der Waals surface area contributed by atoms with Crippen molar-refractivity contribution in [2.75, 3.05) is 42.9 Å². The Morgan fingerprint density at radius 1 is 1.20 bits per heavy atom. The summed E-state index contributed by atoms with van der Waals surface area (Å²) >= 11 is 0. The Morgan fingerprint density at radius 2 is 1.92 bits per heavy atom. The molecule has 136 valence electrons. The number of rotatable bonds is 5. The molecule has 1 heterocycles. The van der Waals surface area contributed by atoms with E-state index >= 15 is 0 Å². The number of anilines is 2. The molecule has 1 aromatic rings. The van der Waals surface area contributed by atoms with Crippen LogP contribution in [-0.4, -0.2) is 60.8 Å². The van der Waals surface area contributed by atoms with Gasteiger partial charge in [0.05, 0.1) is 5.92 Å². The second-order valence-corrected chi connectivity index (χ2v) is 6.77. The number of nitrogens with zero attached hydrogens (tertiary/aromatic N) is 2. The lowest BCUT2D eigenvalue weighted by Crippen LogP contribution is -2.48. The zero-order valence-electron chi connectivity index (χ0n) is 14.6. The molecule has 3 N–H and O–H groups in total. The van der Waals surface area contributed by atoms with E-state index in [1.165, 1.54) is 0 Å². The minimum atomic E-state index is -0.783. The molecule has 7 nitrogen and oxygen atoms in total. The lowest BCUT2D eigenvalue weighted by atomic mass is 9.80. The van der Waals surface area contributed by atoms with Gasteiger partial charge in [0.2, 0.25) is 0 Å². The number of carboxylic acid groups (broad SMARTS) is 1. The monoisotopic (exact) mass is 346 g/mol. The van der Waals surface area contributed by atoms with Crippen molar-refractivity contribution in [3.8, 4) is 0 Å². The van der Waals surface area contributed by atoms with Gasteiger partial charge in [-0.25, -0.2) is 4.79 Å². The summed E-state index contributed by atoms with van der Waals surface area (Å²) in [6, 6.07) is 7.54. The largest absolute Gasteiger partial charge is 0.481 e. The lowest BCUT2D eigenvalue weighted by molar-refractivity contribution is -0.145. The van der Waals surface area contributed by atoms with E-state index in [0.29, 0.717) is 12.8 Å². The topological polar surface area (TPSA) is 84.9 Å². The molecule has 0 unspecified atom stereocenters. The van der Waals surface area contributed by atoms with Gasteiger partial charge in [-0.15, -0.1) is 0 Å². The molecule has 1 saturated carbocycles. The van der Waals surface area contributed by atoms with Crippen LogP contribution in [0.25, 0.3) is 0 Å². The highest BCUT2D eigenvalue weighted by atomic mass is 16.4. The quantitative estimate of drug-likeness (QED) is 0.757. The highest BCUT2D eigenvalue weighted by Crippen LogP contribution is 2.27. The molecule has 7 heteroatoms. The molecule has 25 heavy (non-hydrogen) atoms. The minimum absolute atomic E-state index is 0.0496. The van der Waals surface area contributed by atoms with E-state index in [1.807, 2.05) is 18.2 Å². The van der Waals surface area contributed by atoms with Gasteiger partial charge in [0.15, 0.2) is 0 Å². The van der Waals surface area contributed by atoms with Crippen molar-refractivity contribution in [3.63, 3.8) is 0 Å². The average molecular weight is 346 g/mol. The van der Waals surface area contributed by atoms with Gasteiger partial charge in [0.1, 0.15) is 0 Å². The molecule has 1 aromatic carbocycles. The number of carboxylic acids is 1. The molecule has 0 radical (unpaired) electrons. The number of aliphatic carboxylic acids is 1. The van der Waals surface area contributed by atoms with Crippen LogP contribution >= 0.6 is 0 Å². The lowest BCUT2D eigenvalue weighted by Gasteiger charge is -2.35. The number of nitrogens with one attached hydrogen (secondary N) is 2. The average Bonchev–Trinajstić information content (AvgIpc) is 2.57. The van der Waals surface area contributed by atoms with E-state index in [-0.39, 0.29) is 18.0 Å². The van der Waals surface area contributed by atoms with Crippen molar-refractivity contribution >= 4 is 23.4 Å². The van der Waals surface area contributed by atoms with E-state index < -0.39 is 5.97 Å². The summed E-state index contributed by atoms with van der Waals surface area (Å²) in [5.74, 6) is -1.11. The minimum Gasteiger partial charge on any atom is -0.481 e. The number of urea groups is 1. The molecule has 0 aromatic heterocycles. The zero-order chi connectivity index (χ0) is 17.8. The van der Waals surface area contributed by atoms with E-state index in [1.54, 1.807) is 0 Å². The second-order valence-electron chi connectivity index (χ2n) is 6.77. The van der Waals surface area contributed by atoms with Crippen LogP contribution in [0.2, 0.25) is 0 Å². The van der Waals surface area contributed by atoms with Crippen LogP contribution in [0.4, 0.5) is 16.2 Å². The Kier molecular flexibility index (Phi) is 5.43. The zero-order valence-corrected chi connectivity index (χ0v) is 14.6. The van der Waals surface area contributed by atoms with Gasteiger partial charge >= 0.3 is 12.0 Å². The van der Waals surface area contributed by atoms with Crippen LogP contribution in [0.1, 0.15) is 19.8 Å². The summed E-state index contributed by atoms with van der Waals surface area (Å²) in [6.07, 6.45) is 1.01. The van der Waals surface area contributed by atoms with E-state index in [0.717, 1.165) is 44.1 Å². The smallest absolute Gasteiger partial charge is 0.319 e. The van der Waals surface area contributed by atoms with Crippen molar-refractivity contribution in [2.45, 2.75) is 25.8 Å². The first-order valence-electron chi connectivity index (χ1n) is 8.93. The Hall–Kier alpha value is -2.28. The van der Waals surface area contributed by atoms with Crippen molar-refractivity contribution in [3.05, 3.63) is 24.3 Å². The summed E-state index contributed by atoms with van der Waals surface area (Å²) < 4.78 is 0. The molecule has 1 aliphatic heterocycles. The number of amides is 2. The summed E-state index contributed by atoms with van der Waals surface area (Å²) in [5, 5.41) is 14.5. The second kappa shape index (κ2) is 7.74. The molecule has 1 saturated heterocycles. The fourth-order valence-electron chi connectivity index (χ4n) is 3.39. The molecule has 0 spiro atoms. The maximum Gasteiger partial charge on any atom is 0.319 e. The SMILES string of the molecule is CCN1CCN(c2cccc(NC(=O)NC3CC(C(=O)O)C3)c2)CC1. The van der Waals surface area contributed by atoms with E-state index in [4.69, 9.17) is 5.11 Å². The van der Waals surface area contributed by atoms with Crippen LogP contribution in [0, 0.1) is 5.92 Å². The first kappa shape index (κ1) is 17.5. The predicted octanol–water partition coefficient (Wildman–Crippen LogP) is 1.81. The number of hydrogen-bond acceptors (Lipinski definition) is 4. The number of piperazine rings is 1. The van der Waals surface area contributed by atoms with Crippen LogP contribution in [0.5, 0.6) is 0 Å². The maximum atomic E-state index is 12.1. The molecule has 0 bridgehead atoms. The molecule has 0 atom stereocenters. The highest BCUT2D eigenvalue weighted by Gasteiger charge is 2.35. The standard InChI is InChI=1S/C18H26N4O3/c1-2-21-6-8-22(9-7-21)16-5-3-4-14(12-16)19-18(25)20-15-10-13(11-15)17(23)24/h3-5,12-13,15H,2,6-11H2,1H3,(H,23,24)(H2,19,20,25). The first-order valence-corrected chi connectivity index (χ1v) is 8.93. The summed E-state index contributed by atoms with van der Waals surface area (Å²) in [6.45, 7) is 7.35. The number of hydrogen-bond donors (Lipinski definition) is 3. The molecule has 2 fully saturated rings. The van der Waals surface area contributed by atoms with Crippen LogP contribution in [0.15, 0.2) is 24.3 Å². The normalized spacial score (nSPS) is 23.6. The van der Waals surface area contributed by atoms with Gasteiger partial charge in [-0.3, -0.25) is 4.79 Å². The Bertz CT molecular complexity index is 623. The van der Waals surface area contributed by atoms with Gasteiger partial charge in [-0.2, -0.15) is 0 Å². The number of carbonyl (C=O) groups is 2. The maximum absolute atomic E-state index is 12.1. The summed E-state index contributed by atoms with van der Waals surface area (Å²) in [7, 11) is 0. The molecule has 2 aliphatic rings.